The molecule has 1 aliphatic rings. The number of hydrogen-bond acceptors (Lipinski definition) is 3. The molecule has 0 aliphatic heterocycles. The minimum Gasteiger partial charge on any atom is -0.478 e. The highest BCUT2D eigenvalue weighted by atomic mass is 79.9. The number of carboxylic acids is 1. The lowest BCUT2D eigenvalue weighted by atomic mass is 9.84. The number of carboxylic acid groups (broad SMARTS) is 1. The first-order chi connectivity index (χ1) is 8.54. The van der Waals surface area contributed by atoms with Gasteiger partial charge in [-0.15, -0.1) is 0 Å². The van der Waals surface area contributed by atoms with Gasteiger partial charge in [0, 0.05) is 21.5 Å². The third-order valence-corrected chi connectivity index (χ3v) is 5.33. The van der Waals surface area contributed by atoms with E-state index in [1.165, 1.54) is 19.3 Å². The second kappa shape index (κ2) is 5.53. The maximum Gasteiger partial charge on any atom is 0.335 e. The maximum atomic E-state index is 11.0. The van der Waals surface area contributed by atoms with Crippen molar-refractivity contribution in [3.63, 3.8) is 0 Å². The second-order valence-corrected chi connectivity index (χ2v) is 6.82. The first-order valence-electron chi connectivity index (χ1n) is 5.88. The molecule has 0 spiro atoms. The highest BCUT2D eigenvalue weighted by Gasteiger charge is 2.35. The summed E-state index contributed by atoms with van der Waals surface area (Å²) < 4.78 is 1.13. The van der Waals surface area contributed by atoms with E-state index in [1.807, 2.05) is 17.8 Å². The molecule has 3 nitrogen and oxygen atoms in total. The van der Waals surface area contributed by atoms with E-state index in [9.17, 15) is 4.79 Å². The van der Waals surface area contributed by atoms with Crippen LogP contribution in [0.1, 0.15) is 29.6 Å². The van der Waals surface area contributed by atoms with Gasteiger partial charge in [0.15, 0.2) is 0 Å². The average Bonchev–Trinajstić information content (AvgIpc) is 2.27. The van der Waals surface area contributed by atoms with Gasteiger partial charge in [-0.1, -0.05) is 22.4 Å². The SMILES string of the molecule is CSC1(CNc2cc(Br)cc(C(=O)O)c2)CCC1. The molecule has 2 N–H and O–H groups in total. The molecule has 0 unspecified atom stereocenters. The number of nitrogens with one attached hydrogen (secondary N) is 1. The third-order valence-electron chi connectivity index (χ3n) is 3.46. The summed E-state index contributed by atoms with van der Waals surface area (Å²) in [6.07, 6.45) is 5.91. The highest BCUT2D eigenvalue weighted by molar-refractivity contribution is 9.10. The number of aromatic carboxylic acids is 1. The number of halogens is 1. The van der Waals surface area contributed by atoms with Crippen molar-refractivity contribution in [1.82, 2.24) is 0 Å². The van der Waals surface area contributed by atoms with E-state index in [1.54, 1.807) is 12.1 Å². The summed E-state index contributed by atoms with van der Waals surface area (Å²) in [5, 5.41) is 12.4. The molecule has 0 saturated heterocycles. The molecule has 1 aromatic rings. The van der Waals surface area contributed by atoms with Crippen molar-refractivity contribution in [2.75, 3.05) is 18.1 Å². The van der Waals surface area contributed by atoms with Crippen molar-refractivity contribution in [3.05, 3.63) is 28.2 Å². The summed E-state index contributed by atoms with van der Waals surface area (Å²) in [6, 6.07) is 5.21. The summed E-state index contributed by atoms with van der Waals surface area (Å²) >= 11 is 5.24. The topological polar surface area (TPSA) is 49.3 Å². The van der Waals surface area contributed by atoms with Gasteiger partial charge in [0.2, 0.25) is 0 Å². The second-order valence-electron chi connectivity index (χ2n) is 4.63. The number of carbonyl (C=O) groups is 1. The van der Waals surface area contributed by atoms with Crippen LogP contribution >= 0.6 is 27.7 Å². The average molecular weight is 330 g/mol. The Labute approximate surface area is 119 Å². The molecule has 0 bridgehead atoms. The standard InChI is InChI=1S/C13H16BrNO2S/c1-18-13(3-2-4-13)8-15-11-6-9(12(16)17)5-10(14)7-11/h5-7,15H,2-4,8H2,1H3,(H,16,17). The predicted octanol–water partition coefficient (Wildman–Crippen LogP) is 3.84. The summed E-state index contributed by atoms with van der Waals surface area (Å²) in [5.74, 6) is -0.900. The van der Waals surface area contributed by atoms with E-state index < -0.39 is 5.97 Å². The molecule has 18 heavy (non-hydrogen) atoms. The minimum absolute atomic E-state index is 0.304. The molecule has 2 rings (SSSR count). The van der Waals surface area contributed by atoms with Crippen molar-refractivity contribution in [2.45, 2.75) is 24.0 Å². The van der Waals surface area contributed by atoms with E-state index in [0.29, 0.717) is 10.3 Å². The lowest BCUT2D eigenvalue weighted by Gasteiger charge is -2.40. The van der Waals surface area contributed by atoms with Crippen molar-refractivity contribution < 1.29 is 9.90 Å². The molecule has 98 valence electrons. The first kappa shape index (κ1) is 13.7. The lowest BCUT2D eigenvalue weighted by molar-refractivity contribution is 0.0697. The van der Waals surface area contributed by atoms with Gasteiger partial charge in [0.25, 0.3) is 0 Å². The van der Waals surface area contributed by atoms with Gasteiger partial charge in [-0.3, -0.25) is 0 Å². The third kappa shape index (κ3) is 3.01. The molecular weight excluding hydrogens is 314 g/mol. The number of hydrogen-bond donors (Lipinski definition) is 2. The van der Waals surface area contributed by atoms with Crippen LogP contribution < -0.4 is 5.32 Å². The fourth-order valence-electron chi connectivity index (χ4n) is 2.10. The van der Waals surface area contributed by atoms with Gasteiger partial charge in [-0.25, -0.2) is 4.79 Å². The molecule has 5 heteroatoms. The number of thioether (sulfide) groups is 1. The van der Waals surface area contributed by atoms with Gasteiger partial charge >= 0.3 is 5.97 Å². The van der Waals surface area contributed by atoms with E-state index in [0.717, 1.165) is 16.7 Å². The monoisotopic (exact) mass is 329 g/mol. The van der Waals surface area contributed by atoms with E-state index in [-0.39, 0.29) is 0 Å². The Morgan fingerprint density at radius 1 is 1.50 bits per heavy atom. The Morgan fingerprint density at radius 3 is 2.72 bits per heavy atom. The van der Waals surface area contributed by atoms with Crippen LogP contribution in [-0.2, 0) is 0 Å². The predicted molar refractivity (Wildman–Crippen MR) is 79.7 cm³/mol. The highest BCUT2D eigenvalue weighted by Crippen LogP contribution is 2.42. The van der Waals surface area contributed by atoms with Crippen LogP contribution in [0.25, 0.3) is 0 Å². The molecule has 1 saturated carbocycles. The van der Waals surface area contributed by atoms with Crippen LogP contribution in [0.15, 0.2) is 22.7 Å². The van der Waals surface area contributed by atoms with Crippen molar-refractivity contribution in [1.29, 1.82) is 0 Å². The molecular formula is C13H16BrNO2S. The normalized spacial score (nSPS) is 17.0. The quantitative estimate of drug-likeness (QED) is 0.861. The summed E-state index contributed by atoms with van der Waals surface area (Å²) in [5.41, 5.74) is 1.17. The molecule has 0 heterocycles. The molecule has 1 aromatic carbocycles. The van der Waals surface area contributed by atoms with Gasteiger partial charge in [0.05, 0.1) is 5.56 Å². The molecule has 0 aromatic heterocycles. The van der Waals surface area contributed by atoms with Crippen LogP contribution in [0.4, 0.5) is 5.69 Å². The molecule has 0 radical (unpaired) electrons. The van der Waals surface area contributed by atoms with E-state index >= 15 is 0 Å². The largest absolute Gasteiger partial charge is 0.478 e. The lowest BCUT2D eigenvalue weighted by Crippen LogP contribution is -2.40. The van der Waals surface area contributed by atoms with E-state index in [2.05, 4.69) is 27.5 Å². The summed E-state index contributed by atoms with van der Waals surface area (Å²) in [4.78, 5) is 11.0. The minimum atomic E-state index is -0.900. The number of benzene rings is 1. The molecule has 0 amide bonds. The number of anilines is 1. The van der Waals surface area contributed by atoms with Gasteiger partial charge in [-0.05, 0) is 37.3 Å². The van der Waals surface area contributed by atoms with Gasteiger partial charge in [0.1, 0.15) is 0 Å². The van der Waals surface area contributed by atoms with Crippen LogP contribution in [-0.4, -0.2) is 28.6 Å². The fourth-order valence-corrected chi connectivity index (χ4v) is 3.51. The van der Waals surface area contributed by atoms with Crippen LogP contribution in [0.5, 0.6) is 0 Å². The van der Waals surface area contributed by atoms with Crippen LogP contribution in [0.2, 0.25) is 0 Å². The summed E-state index contributed by atoms with van der Waals surface area (Å²) in [7, 11) is 0. The Kier molecular flexibility index (Phi) is 4.22. The zero-order valence-electron chi connectivity index (χ0n) is 10.2. The zero-order chi connectivity index (χ0) is 13.2. The molecule has 1 aliphatic carbocycles. The molecule has 1 fully saturated rings. The first-order valence-corrected chi connectivity index (χ1v) is 7.89. The van der Waals surface area contributed by atoms with Crippen molar-refractivity contribution in [3.8, 4) is 0 Å². The Bertz CT molecular complexity index is 455. The smallest absolute Gasteiger partial charge is 0.335 e. The zero-order valence-corrected chi connectivity index (χ0v) is 12.6. The van der Waals surface area contributed by atoms with Crippen LogP contribution in [0.3, 0.4) is 0 Å². The van der Waals surface area contributed by atoms with Gasteiger partial charge < -0.3 is 10.4 Å². The van der Waals surface area contributed by atoms with Crippen LogP contribution in [0, 0.1) is 0 Å². The Morgan fingerprint density at radius 2 is 2.22 bits per heavy atom. The molecule has 0 atom stereocenters. The fraction of sp³-hybridized carbons (Fsp3) is 0.462. The Hall–Kier alpha value is -0.680. The Balaban J connectivity index is 2.07. The van der Waals surface area contributed by atoms with Crippen molar-refractivity contribution >= 4 is 39.3 Å². The number of rotatable bonds is 5. The van der Waals surface area contributed by atoms with E-state index in [4.69, 9.17) is 5.11 Å². The maximum absolute atomic E-state index is 11.0. The summed E-state index contributed by atoms with van der Waals surface area (Å²) in [6.45, 7) is 0.893. The van der Waals surface area contributed by atoms with Crippen molar-refractivity contribution in [2.24, 2.45) is 0 Å². The van der Waals surface area contributed by atoms with Gasteiger partial charge in [-0.2, -0.15) is 11.8 Å².